The van der Waals surface area contributed by atoms with Crippen LogP contribution in [-0.2, 0) is 0 Å². The molecule has 2 atom stereocenters. The summed E-state index contributed by atoms with van der Waals surface area (Å²) in [5.41, 5.74) is 5.92. The summed E-state index contributed by atoms with van der Waals surface area (Å²) in [4.78, 5) is 1.95. The van der Waals surface area contributed by atoms with Gasteiger partial charge in [-0.05, 0) is 33.5 Å². The van der Waals surface area contributed by atoms with E-state index in [1.807, 2.05) is 32.8 Å². The minimum atomic E-state index is -0.852. The van der Waals surface area contributed by atoms with Gasteiger partial charge in [-0.15, -0.1) is 0 Å². The summed E-state index contributed by atoms with van der Waals surface area (Å²) in [6.07, 6.45) is 0.747. The summed E-state index contributed by atoms with van der Waals surface area (Å²) in [5, 5.41) is 0. The van der Waals surface area contributed by atoms with Gasteiger partial charge in [-0.2, -0.15) is 0 Å². The van der Waals surface area contributed by atoms with Crippen molar-refractivity contribution in [2.45, 2.75) is 31.8 Å². The maximum absolute atomic E-state index is 13.7. The highest BCUT2D eigenvalue weighted by Gasteiger charge is 2.35. The van der Waals surface area contributed by atoms with Crippen molar-refractivity contribution in [2.24, 2.45) is 5.73 Å². The highest BCUT2D eigenvalue weighted by Crippen LogP contribution is 2.32. The average Bonchev–Trinajstić information content (AvgIpc) is 2.30. The van der Waals surface area contributed by atoms with Gasteiger partial charge in [0.25, 0.3) is 0 Å². The van der Waals surface area contributed by atoms with Crippen molar-refractivity contribution < 1.29 is 8.78 Å². The van der Waals surface area contributed by atoms with E-state index in [4.69, 9.17) is 5.73 Å². The van der Waals surface area contributed by atoms with Gasteiger partial charge >= 0.3 is 0 Å². The van der Waals surface area contributed by atoms with Crippen molar-refractivity contribution in [3.8, 4) is 0 Å². The number of nitrogens with two attached hydrogens (primary N) is 1. The summed E-state index contributed by atoms with van der Waals surface area (Å²) < 4.78 is 26.9. The molecule has 0 aliphatic rings. The summed E-state index contributed by atoms with van der Waals surface area (Å²) >= 11 is 0. The number of rotatable bonds is 4. The molecule has 0 saturated carbocycles. The zero-order chi connectivity index (χ0) is 13.2. The molecular formula is C13H20F2N2. The molecule has 1 aromatic carbocycles. The van der Waals surface area contributed by atoms with Gasteiger partial charge in [0.2, 0.25) is 0 Å². The Balaban J connectivity index is 3.19. The number of nitrogens with zero attached hydrogens (tertiary/aromatic N) is 1. The number of halogens is 2. The van der Waals surface area contributed by atoms with E-state index < -0.39 is 23.2 Å². The van der Waals surface area contributed by atoms with Gasteiger partial charge < -0.3 is 10.6 Å². The molecular weight excluding hydrogens is 222 g/mol. The van der Waals surface area contributed by atoms with E-state index in [0.29, 0.717) is 0 Å². The first-order valence-corrected chi connectivity index (χ1v) is 5.71. The van der Waals surface area contributed by atoms with E-state index in [-0.39, 0.29) is 5.56 Å². The number of hydrogen-bond donors (Lipinski definition) is 1. The van der Waals surface area contributed by atoms with Crippen LogP contribution in [0.5, 0.6) is 0 Å². The van der Waals surface area contributed by atoms with Crippen LogP contribution in [0, 0.1) is 11.6 Å². The Kier molecular flexibility index (Phi) is 4.22. The molecule has 0 radical (unpaired) electrons. The van der Waals surface area contributed by atoms with Gasteiger partial charge in [-0.3, -0.25) is 0 Å². The largest absolute Gasteiger partial charge is 0.322 e. The Labute approximate surface area is 101 Å². The molecule has 0 aliphatic heterocycles. The predicted molar refractivity (Wildman–Crippen MR) is 65.7 cm³/mol. The Morgan fingerprint density at radius 1 is 1.35 bits per heavy atom. The normalized spacial score (nSPS) is 16.9. The molecule has 0 spiro atoms. The lowest BCUT2D eigenvalue weighted by Gasteiger charge is -2.41. The van der Waals surface area contributed by atoms with Crippen LogP contribution in [0.1, 0.15) is 31.9 Å². The minimum Gasteiger partial charge on any atom is -0.322 e. The topological polar surface area (TPSA) is 29.3 Å². The SMILES string of the molecule is CCC(C)(C(N)c1cccc(F)c1F)N(C)C. The van der Waals surface area contributed by atoms with E-state index >= 15 is 0 Å². The lowest BCUT2D eigenvalue weighted by atomic mass is 9.84. The molecule has 0 aliphatic carbocycles. The molecule has 17 heavy (non-hydrogen) atoms. The van der Waals surface area contributed by atoms with E-state index in [0.717, 1.165) is 12.5 Å². The Bertz CT molecular complexity index is 393. The van der Waals surface area contributed by atoms with Crippen LogP contribution in [0.2, 0.25) is 0 Å². The molecule has 0 amide bonds. The summed E-state index contributed by atoms with van der Waals surface area (Å²) in [6.45, 7) is 3.93. The third-order valence-electron chi connectivity index (χ3n) is 3.72. The van der Waals surface area contributed by atoms with Crippen molar-refractivity contribution in [2.75, 3.05) is 14.1 Å². The van der Waals surface area contributed by atoms with Crippen molar-refractivity contribution in [1.29, 1.82) is 0 Å². The maximum Gasteiger partial charge on any atom is 0.163 e. The van der Waals surface area contributed by atoms with E-state index in [1.165, 1.54) is 6.07 Å². The zero-order valence-electron chi connectivity index (χ0n) is 10.8. The molecule has 2 unspecified atom stereocenters. The Morgan fingerprint density at radius 3 is 2.41 bits per heavy atom. The first kappa shape index (κ1) is 14.1. The van der Waals surface area contributed by atoms with E-state index in [9.17, 15) is 8.78 Å². The van der Waals surface area contributed by atoms with Crippen LogP contribution in [0.3, 0.4) is 0 Å². The quantitative estimate of drug-likeness (QED) is 0.879. The molecule has 1 aromatic rings. The summed E-state index contributed by atoms with van der Waals surface area (Å²) in [7, 11) is 3.78. The highest BCUT2D eigenvalue weighted by molar-refractivity contribution is 5.25. The average molecular weight is 242 g/mol. The molecule has 2 N–H and O–H groups in total. The van der Waals surface area contributed by atoms with Gasteiger partial charge in [-0.1, -0.05) is 19.1 Å². The fourth-order valence-electron chi connectivity index (χ4n) is 1.91. The van der Waals surface area contributed by atoms with Crippen molar-refractivity contribution >= 4 is 0 Å². The molecule has 1 rings (SSSR count). The van der Waals surface area contributed by atoms with Gasteiger partial charge in [0, 0.05) is 11.1 Å². The van der Waals surface area contributed by atoms with E-state index in [1.54, 1.807) is 6.07 Å². The van der Waals surface area contributed by atoms with Crippen LogP contribution >= 0.6 is 0 Å². The first-order valence-electron chi connectivity index (χ1n) is 5.71. The van der Waals surface area contributed by atoms with Crippen LogP contribution in [0.15, 0.2) is 18.2 Å². The summed E-state index contributed by atoms with van der Waals surface area (Å²) in [6, 6.07) is 3.56. The first-order chi connectivity index (χ1) is 7.84. The van der Waals surface area contributed by atoms with Crippen LogP contribution in [0.4, 0.5) is 8.78 Å². The lowest BCUT2D eigenvalue weighted by Crippen LogP contribution is -2.49. The monoisotopic (exact) mass is 242 g/mol. The molecule has 0 saturated heterocycles. The smallest absolute Gasteiger partial charge is 0.163 e. The van der Waals surface area contributed by atoms with Gasteiger partial charge in [0.05, 0.1) is 6.04 Å². The van der Waals surface area contributed by atoms with Crippen LogP contribution < -0.4 is 5.73 Å². The van der Waals surface area contributed by atoms with E-state index in [2.05, 4.69) is 0 Å². The fraction of sp³-hybridized carbons (Fsp3) is 0.538. The second-order valence-electron chi connectivity index (χ2n) is 4.73. The second kappa shape index (κ2) is 5.10. The Morgan fingerprint density at radius 2 is 1.94 bits per heavy atom. The van der Waals surface area contributed by atoms with Crippen molar-refractivity contribution in [1.82, 2.24) is 4.90 Å². The number of hydrogen-bond acceptors (Lipinski definition) is 2. The van der Waals surface area contributed by atoms with Crippen molar-refractivity contribution in [3.05, 3.63) is 35.4 Å². The third kappa shape index (κ3) is 2.48. The lowest BCUT2D eigenvalue weighted by molar-refractivity contribution is 0.130. The molecule has 0 heterocycles. The van der Waals surface area contributed by atoms with Crippen molar-refractivity contribution in [3.63, 3.8) is 0 Å². The second-order valence-corrected chi connectivity index (χ2v) is 4.73. The predicted octanol–water partition coefficient (Wildman–Crippen LogP) is 2.69. The zero-order valence-corrected chi connectivity index (χ0v) is 10.8. The van der Waals surface area contributed by atoms with Gasteiger partial charge in [-0.25, -0.2) is 8.78 Å². The standard InChI is InChI=1S/C13H20F2N2/c1-5-13(2,17(3)4)12(16)9-7-6-8-10(14)11(9)15/h6-8,12H,5,16H2,1-4H3. The molecule has 0 fully saturated rings. The molecule has 96 valence electrons. The number of likely N-dealkylation sites (N-methyl/N-ethyl adjacent to an activating group) is 1. The fourth-order valence-corrected chi connectivity index (χ4v) is 1.91. The highest BCUT2D eigenvalue weighted by atomic mass is 19.2. The molecule has 4 heteroatoms. The van der Waals surface area contributed by atoms with Crippen LogP contribution in [-0.4, -0.2) is 24.5 Å². The van der Waals surface area contributed by atoms with Gasteiger partial charge in [0.1, 0.15) is 0 Å². The number of benzene rings is 1. The third-order valence-corrected chi connectivity index (χ3v) is 3.72. The molecule has 0 aromatic heterocycles. The Hall–Kier alpha value is -1.00. The molecule has 2 nitrogen and oxygen atoms in total. The summed E-state index contributed by atoms with van der Waals surface area (Å²) in [5.74, 6) is -1.70. The van der Waals surface area contributed by atoms with Crippen LogP contribution in [0.25, 0.3) is 0 Å². The molecule has 0 bridgehead atoms. The maximum atomic E-state index is 13.7. The minimum absolute atomic E-state index is 0.225. The van der Waals surface area contributed by atoms with Gasteiger partial charge in [0.15, 0.2) is 11.6 Å².